The largest absolute Gasteiger partial charge is 0.494 e. The van der Waals surface area contributed by atoms with Crippen molar-refractivity contribution in [2.45, 2.75) is 13.3 Å². The van der Waals surface area contributed by atoms with E-state index in [2.05, 4.69) is 29.0 Å². The minimum atomic E-state index is -0.312. The monoisotopic (exact) mass is 276 g/mol. The van der Waals surface area contributed by atoms with E-state index < -0.39 is 0 Å². The Morgan fingerprint density at radius 3 is 2.55 bits per heavy atom. The number of hydrogen-bond acceptors (Lipinski definition) is 3. The van der Waals surface area contributed by atoms with Gasteiger partial charge in [-0.1, -0.05) is 13.5 Å². The quantitative estimate of drug-likeness (QED) is 0.786. The van der Waals surface area contributed by atoms with E-state index in [1.54, 1.807) is 12.1 Å². The Kier molecular flexibility index (Phi) is 4.70. The third-order valence-electron chi connectivity index (χ3n) is 3.70. The first-order valence-corrected chi connectivity index (χ1v) is 6.92. The number of methoxy groups -OCH3 is 1. The van der Waals surface area contributed by atoms with Crippen molar-refractivity contribution in [3.05, 3.63) is 42.0 Å². The molecule has 108 valence electrons. The smallest absolute Gasteiger partial charge is 0.167 e. The molecule has 3 nitrogen and oxygen atoms in total. The Hall–Kier alpha value is -1.93. The molecule has 1 aliphatic rings. The summed E-state index contributed by atoms with van der Waals surface area (Å²) < 4.78 is 18.7. The van der Waals surface area contributed by atoms with Gasteiger partial charge in [0.2, 0.25) is 0 Å². The van der Waals surface area contributed by atoms with Crippen LogP contribution in [0, 0.1) is 5.82 Å². The third-order valence-corrected chi connectivity index (χ3v) is 3.70. The van der Waals surface area contributed by atoms with Crippen LogP contribution in [0.15, 0.2) is 36.2 Å². The highest BCUT2D eigenvalue weighted by Crippen LogP contribution is 2.25. The lowest BCUT2D eigenvalue weighted by Crippen LogP contribution is -2.45. The fraction of sp³-hybridized carbons (Fsp3) is 0.438. The SMILES string of the molecule is C=C=C(CC)N1CCN(c2ccc(OC)c(F)c2)CC1. The number of nitrogens with zero attached hydrogens (tertiary/aromatic N) is 2. The first kappa shape index (κ1) is 14.5. The average molecular weight is 276 g/mol. The van der Waals surface area contributed by atoms with Crippen molar-refractivity contribution in [2.75, 3.05) is 38.2 Å². The molecule has 0 aliphatic carbocycles. The summed E-state index contributed by atoms with van der Waals surface area (Å²) in [6.45, 7) is 9.42. The van der Waals surface area contributed by atoms with E-state index in [9.17, 15) is 4.39 Å². The Morgan fingerprint density at radius 2 is 2.05 bits per heavy atom. The van der Waals surface area contributed by atoms with E-state index in [1.807, 2.05) is 6.07 Å². The molecule has 0 spiro atoms. The fourth-order valence-corrected chi connectivity index (χ4v) is 2.55. The molecule has 2 rings (SSSR count). The summed E-state index contributed by atoms with van der Waals surface area (Å²) in [5.41, 5.74) is 5.06. The fourth-order valence-electron chi connectivity index (χ4n) is 2.55. The van der Waals surface area contributed by atoms with Crippen molar-refractivity contribution in [3.8, 4) is 5.75 Å². The lowest BCUT2D eigenvalue weighted by atomic mass is 10.2. The molecule has 1 fully saturated rings. The number of rotatable bonds is 4. The van der Waals surface area contributed by atoms with Gasteiger partial charge in [-0.3, -0.25) is 0 Å². The zero-order chi connectivity index (χ0) is 14.5. The first-order valence-electron chi connectivity index (χ1n) is 6.92. The summed E-state index contributed by atoms with van der Waals surface area (Å²) in [4.78, 5) is 4.48. The molecule has 1 aromatic rings. The highest BCUT2D eigenvalue weighted by Gasteiger charge is 2.19. The number of anilines is 1. The maximum atomic E-state index is 13.7. The first-order chi connectivity index (χ1) is 9.69. The van der Waals surface area contributed by atoms with Crippen molar-refractivity contribution >= 4 is 5.69 Å². The van der Waals surface area contributed by atoms with Gasteiger partial charge in [0.05, 0.1) is 12.8 Å². The zero-order valence-electron chi connectivity index (χ0n) is 12.2. The molecule has 1 aliphatic heterocycles. The van der Waals surface area contributed by atoms with Crippen LogP contribution in [0.4, 0.5) is 10.1 Å². The predicted octanol–water partition coefficient (Wildman–Crippen LogP) is 3.04. The van der Waals surface area contributed by atoms with Crippen LogP contribution in [0.25, 0.3) is 0 Å². The normalized spacial score (nSPS) is 14.9. The van der Waals surface area contributed by atoms with Gasteiger partial charge < -0.3 is 14.5 Å². The molecular formula is C16H21FN2O. The van der Waals surface area contributed by atoms with Crippen molar-refractivity contribution in [1.82, 2.24) is 4.90 Å². The Balaban J connectivity index is 2.04. The van der Waals surface area contributed by atoms with Gasteiger partial charge in [-0.05, 0) is 18.6 Å². The Labute approximate surface area is 119 Å². The molecule has 0 amide bonds. The van der Waals surface area contributed by atoms with Crippen LogP contribution in [0.3, 0.4) is 0 Å². The molecule has 0 saturated carbocycles. The molecule has 0 unspecified atom stereocenters. The van der Waals surface area contributed by atoms with Gasteiger partial charge >= 0.3 is 0 Å². The van der Waals surface area contributed by atoms with Gasteiger partial charge in [0.1, 0.15) is 0 Å². The summed E-state index contributed by atoms with van der Waals surface area (Å²) in [5, 5.41) is 0. The average Bonchev–Trinajstić information content (AvgIpc) is 2.49. The Bertz CT molecular complexity index is 515. The standard InChI is InChI=1S/C16H21FN2O/c1-4-13(5-2)18-8-10-19(11-9-18)14-6-7-16(20-3)15(17)12-14/h6-7,12H,1,5,8-11H2,2-3H3. The number of piperazine rings is 1. The second-order valence-electron chi connectivity index (χ2n) is 4.77. The molecule has 0 atom stereocenters. The van der Waals surface area contributed by atoms with Gasteiger partial charge in [-0.2, -0.15) is 0 Å². The molecule has 4 heteroatoms. The Morgan fingerprint density at radius 1 is 1.35 bits per heavy atom. The molecule has 0 radical (unpaired) electrons. The summed E-state index contributed by atoms with van der Waals surface area (Å²) in [6.07, 6.45) is 0.945. The summed E-state index contributed by atoms with van der Waals surface area (Å²) >= 11 is 0. The molecular weight excluding hydrogens is 255 g/mol. The van der Waals surface area contributed by atoms with Gasteiger partial charge in [0.25, 0.3) is 0 Å². The van der Waals surface area contributed by atoms with E-state index in [0.717, 1.165) is 44.0 Å². The zero-order valence-corrected chi connectivity index (χ0v) is 12.2. The van der Waals surface area contributed by atoms with E-state index in [4.69, 9.17) is 4.74 Å². The molecule has 1 aromatic carbocycles. The van der Waals surface area contributed by atoms with Crippen molar-refractivity contribution in [3.63, 3.8) is 0 Å². The number of halogens is 1. The summed E-state index contributed by atoms with van der Waals surface area (Å²) in [6, 6.07) is 5.12. The van der Waals surface area contributed by atoms with E-state index in [0.29, 0.717) is 0 Å². The summed E-state index contributed by atoms with van der Waals surface area (Å²) in [5.74, 6) is -0.0251. The topological polar surface area (TPSA) is 15.7 Å². The molecule has 0 aromatic heterocycles. The van der Waals surface area contributed by atoms with E-state index in [1.165, 1.54) is 7.11 Å². The minimum absolute atomic E-state index is 0.287. The molecule has 1 heterocycles. The van der Waals surface area contributed by atoms with Gasteiger partial charge in [-0.15, -0.1) is 5.73 Å². The molecule has 0 bridgehead atoms. The maximum absolute atomic E-state index is 13.7. The van der Waals surface area contributed by atoms with Crippen LogP contribution in [-0.4, -0.2) is 38.2 Å². The molecule has 0 N–H and O–H groups in total. The third kappa shape index (κ3) is 2.97. The van der Waals surface area contributed by atoms with Crippen molar-refractivity contribution in [1.29, 1.82) is 0 Å². The highest BCUT2D eigenvalue weighted by molar-refractivity contribution is 5.50. The second kappa shape index (κ2) is 6.49. The highest BCUT2D eigenvalue weighted by atomic mass is 19.1. The predicted molar refractivity (Wildman–Crippen MR) is 79.7 cm³/mol. The van der Waals surface area contributed by atoms with E-state index >= 15 is 0 Å². The van der Waals surface area contributed by atoms with Gasteiger partial charge in [0, 0.05) is 37.9 Å². The van der Waals surface area contributed by atoms with Crippen LogP contribution in [0.2, 0.25) is 0 Å². The van der Waals surface area contributed by atoms with Crippen LogP contribution in [0.1, 0.15) is 13.3 Å². The van der Waals surface area contributed by atoms with Crippen LogP contribution < -0.4 is 9.64 Å². The van der Waals surface area contributed by atoms with Crippen LogP contribution in [0.5, 0.6) is 5.75 Å². The lowest BCUT2D eigenvalue weighted by Gasteiger charge is -2.37. The number of ether oxygens (including phenoxy) is 1. The van der Waals surface area contributed by atoms with Crippen molar-refractivity contribution < 1.29 is 9.13 Å². The number of benzene rings is 1. The molecule has 1 saturated heterocycles. The van der Waals surface area contributed by atoms with E-state index in [-0.39, 0.29) is 11.6 Å². The van der Waals surface area contributed by atoms with Gasteiger partial charge in [-0.25, -0.2) is 4.39 Å². The van der Waals surface area contributed by atoms with Crippen LogP contribution in [-0.2, 0) is 0 Å². The van der Waals surface area contributed by atoms with Crippen molar-refractivity contribution in [2.24, 2.45) is 0 Å². The lowest BCUT2D eigenvalue weighted by molar-refractivity contribution is 0.314. The second-order valence-corrected chi connectivity index (χ2v) is 4.77. The molecule has 20 heavy (non-hydrogen) atoms. The summed E-state index contributed by atoms with van der Waals surface area (Å²) in [7, 11) is 1.48. The van der Waals surface area contributed by atoms with Gasteiger partial charge in [0.15, 0.2) is 11.6 Å². The number of hydrogen-bond donors (Lipinski definition) is 0. The number of allylic oxidation sites excluding steroid dienone is 1. The maximum Gasteiger partial charge on any atom is 0.167 e. The minimum Gasteiger partial charge on any atom is -0.494 e. The van der Waals surface area contributed by atoms with Crippen LogP contribution >= 0.6 is 0 Å².